The maximum absolute atomic E-state index is 12.8. The van der Waals surface area contributed by atoms with Crippen LogP contribution in [-0.2, 0) is 21.5 Å². The van der Waals surface area contributed by atoms with Gasteiger partial charge in [0.05, 0.1) is 19.7 Å². The lowest BCUT2D eigenvalue weighted by atomic mass is 9.72. The highest BCUT2D eigenvalue weighted by Crippen LogP contribution is 2.34. The summed E-state index contributed by atoms with van der Waals surface area (Å²) >= 11 is 0. The summed E-state index contributed by atoms with van der Waals surface area (Å²) in [6.07, 6.45) is 1.50. The minimum atomic E-state index is -0.560. The molecule has 0 aliphatic carbocycles. The topological polar surface area (TPSA) is 73.8 Å². The molecule has 1 fully saturated rings. The van der Waals surface area contributed by atoms with Crippen LogP contribution in [0, 0.1) is 0 Å². The van der Waals surface area contributed by atoms with Crippen molar-refractivity contribution in [3.63, 3.8) is 0 Å². The summed E-state index contributed by atoms with van der Waals surface area (Å²) in [5, 5.41) is 0. The first-order valence-electron chi connectivity index (χ1n) is 9.50. The number of nitrogens with one attached hydrogen (secondary N) is 1. The Bertz CT molecular complexity index is 796. The number of nitrogens with two attached hydrogens (primary N) is 1. The summed E-state index contributed by atoms with van der Waals surface area (Å²) in [5.74, 6) is -0.526. The molecule has 1 aliphatic rings. The molecule has 1 saturated heterocycles. The molecule has 0 bridgehead atoms. The van der Waals surface area contributed by atoms with Crippen molar-refractivity contribution in [3.05, 3.63) is 71.3 Å². The Morgan fingerprint density at radius 3 is 2.41 bits per heavy atom. The number of quaternary nitrogens is 1. The summed E-state index contributed by atoms with van der Waals surface area (Å²) in [7, 11) is 0. The van der Waals surface area contributed by atoms with E-state index in [4.69, 9.17) is 10.5 Å². The lowest BCUT2D eigenvalue weighted by Gasteiger charge is -2.38. The number of likely N-dealkylation sites (tertiary alicyclic amines) is 1. The zero-order valence-electron chi connectivity index (χ0n) is 15.7. The van der Waals surface area contributed by atoms with E-state index in [0.29, 0.717) is 12.2 Å². The molecule has 5 heteroatoms. The van der Waals surface area contributed by atoms with Gasteiger partial charge in [0, 0.05) is 24.0 Å². The van der Waals surface area contributed by atoms with Crippen molar-refractivity contribution < 1.29 is 19.2 Å². The number of carbonyl (C=O) groups excluding carboxylic acids is 2. The van der Waals surface area contributed by atoms with E-state index < -0.39 is 11.3 Å². The van der Waals surface area contributed by atoms with Gasteiger partial charge in [-0.05, 0) is 24.6 Å². The van der Waals surface area contributed by atoms with Crippen molar-refractivity contribution in [3.8, 4) is 0 Å². The number of primary amides is 1. The summed E-state index contributed by atoms with van der Waals surface area (Å²) in [6.45, 7) is 4.80. The van der Waals surface area contributed by atoms with Crippen LogP contribution in [0.4, 0.5) is 0 Å². The number of piperidine rings is 1. The van der Waals surface area contributed by atoms with Crippen LogP contribution in [0.3, 0.4) is 0 Å². The fourth-order valence-electron chi connectivity index (χ4n) is 3.97. The van der Waals surface area contributed by atoms with Gasteiger partial charge in [-0.15, -0.1) is 0 Å². The van der Waals surface area contributed by atoms with E-state index in [1.54, 1.807) is 6.07 Å². The van der Waals surface area contributed by atoms with E-state index in [-0.39, 0.29) is 5.97 Å². The molecule has 0 atom stereocenters. The van der Waals surface area contributed by atoms with Crippen LogP contribution in [0.5, 0.6) is 0 Å². The molecule has 0 unspecified atom stereocenters. The Labute approximate surface area is 160 Å². The van der Waals surface area contributed by atoms with Crippen molar-refractivity contribution in [1.82, 2.24) is 0 Å². The summed E-state index contributed by atoms with van der Waals surface area (Å²) in [4.78, 5) is 25.6. The highest BCUT2D eigenvalue weighted by molar-refractivity contribution is 5.92. The third-order valence-electron chi connectivity index (χ3n) is 5.47. The minimum absolute atomic E-state index is 0.119. The molecule has 2 aromatic carbocycles. The molecule has 0 spiro atoms. The number of carbonyl (C=O) groups is 2. The van der Waals surface area contributed by atoms with Crippen LogP contribution in [0.25, 0.3) is 0 Å². The molecule has 1 amide bonds. The lowest BCUT2D eigenvalue weighted by Crippen LogP contribution is -3.12. The van der Waals surface area contributed by atoms with Gasteiger partial charge in [0.25, 0.3) is 0 Å². The van der Waals surface area contributed by atoms with E-state index in [2.05, 4.69) is 0 Å². The standard InChI is InChI=1S/C22H26N2O3/c1-2-27-21(26)22(19-9-4-3-5-10-19)11-13-24(14-12-22)16-17-7-6-8-18(15-17)20(23)25/h3-10,15H,2,11-14,16H2,1H3,(H2,23,25)/p+1. The Kier molecular flexibility index (Phi) is 5.91. The number of benzene rings is 2. The maximum atomic E-state index is 12.8. The third kappa shape index (κ3) is 4.19. The molecule has 0 saturated carbocycles. The lowest BCUT2D eigenvalue weighted by molar-refractivity contribution is -0.919. The molecule has 27 heavy (non-hydrogen) atoms. The molecule has 1 heterocycles. The van der Waals surface area contributed by atoms with E-state index >= 15 is 0 Å². The number of rotatable bonds is 6. The van der Waals surface area contributed by atoms with Crippen LogP contribution in [0.2, 0.25) is 0 Å². The van der Waals surface area contributed by atoms with E-state index in [1.807, 2.05) is 55.5 Å². The fraction of sp³-hybridized carbons (Fsp3) is 0.364. The van der Waals surface area contributed by atoms with Crippen molar-refractivity contribution in [2.75, 3.05) is 19.7 Å². The summed E-state index contributed by atoms with van der Waals surface area (Å²) in [6, 6.07) is 17.5. The van der Waals surface area contributed by atoms with Gasteiger partial charge in [-0.3, -0.25) is 9.59 Å². The number of ether oxygens (including phenoxy) is 1. The van der Waals surface area contributed by atoms with Crippen molar-refractivity contribution in [2.24, 2.45) is 5.73 Å². The largest absolute Gasteiger partial charge is 0.465 e. The van der Waals surface area contributed by atoms with Gasteiger partial charge in [-0.25, -0.2) is 0 Å². The maximum Gasteiger partial charge on any atom is 0.317 e. The highest BCUT2D eigenvalue weighted by atomic mass is 16.5. The molecular weight excluding hydrogens is 340 g/mol. The minimum Gasteiger partial charge on any atom is -0.465 e. The first-order chi connectivity index (χ1) is 13.0. The Hall–Kier alpha value is -2.66. The smallest absolute Gasteiger partial charge is 0.317 e. The Morgan fingerprint density at radius 1 is 1.07 bits per heavy atom. The first kappa shape index (κ1) is 19.1. The van der Waals surface area contributed by atoms with Gasteiger partial charge >= 0.3 is 5.97 Å². The molecule has 5 nitrogen and oxygen atoms in total. The van der Waals surface area contributed by atoms with Gasteiger partial charge in [-0.2, -0.15) is 0 Å². The number of amides is 1. The van der Waals surface area contributed by atoms with Crippen LogP contribution in [-0.4, -0.2) is 31.6 Å². The molecule has 1 aliphatic heterocycles. The van der Waals surface area contributed by atoms with E-state index in [1.165, 1.54) is 4.90 Å². The number of esters is 1. The number of hydrogen-bond acceptors (Lipinski definition) is 3. The second kappa shape index (κ2) is 8.35. The van der Waals surface area contributed by atoms with Crippen LogP contribution in [0.1, 0.15) is 41.3 Å². The fourth-order valence-corrected chi connectivity index (χ4v) is 3.97. The molecule has 3 N–H and O–H groups in total. The number of hydrogen-bond donors (Lipinski definition) is 2. The second-order valence-corrected chi connectivity index (χ2v) is 7.16. The summed E-state index contributed by atoms with van der Waals surface area (Å²) < 4.78 is 5.44. The molecule has 142 valence electrons. The first-order valence-corrected chi connectivity index (χ1v) is 9.50. The zero-order valence-corrected chi connectivity index (χ0v) is 15.7. The molecular formula is C22H27N2O3+. The predicted molar refractivity (Wildman–Crippen MR) is 103 cm³/mol. The van der Waals surface area contributed by atoms with Crippen molar-refractivity contribution >= 4 is 11.9 Å². The van der Waals surface area contributed by atoms with Crippen molar-refractivity contribution in [2.45, 2.75) is 31.7 Å². The van der Waals surface area contributed by atoms with Crippen molar-refractivity contribution in [1.29, 1.82) is 0 Å². The molecule has 2 aromatic rings. The highest BCUT2D eigenvalue weighted by Gasteiger charge is 2.45. The monoisotopic (exact) mass is 367 g/mol. The van der Waals surface area contributed by atoms with Gasteiger partial charge < -0.3 is 15.4 Å². The van der Waals surface area contributed by atoms with Crippen LogP contribution in [0.15, 0.2) is 54.6 Å². The average Bonchev–Trinajstić information content (AvgIpc) is 2.70. The van der Waals surface area contributed by atoms with Gasteiger partial charge in [-0.1, -0.05) is 42.5 Å². The quantitative estimate of drug-likeness (QED) is 0.760. The SMILES string of the molecule is CCOC(=O)C1(c2ccccc2)CC[NH+](Cc2cccc(C(N)=O)c2)CC1. The normalized spacial score (nSPS) is 22.2. The van der Waals surface area contributed by atoms with Gasteiger partial charge in [0.2, 0.25) is 5.91 Å². The van der Waals surface area contributed by atoms with Gasteiger partial charge in [0.15, 0.2) is 0 Å². The third-order valence-corrected chi connectivity index (χ3v) is 5.47. The molecule has 0 aromatic heterocycles. The Morgan fingerprint density at radius 2 is 1.78 bits per heavy atom. The van der Waals surface area contributed by atoms with E-state index in [0.717, 1.165) is 43.6 Å². The summed E-state index contributed by atoms with van der Waals surface area (Å²) in [5.41, 5.74) is 7.48. The van der Waals surface area contributed by atoms with Crippen LogP contribution < -0.4 is 10.6 Å². The molecule has 0 radical (unpaired) electrons. The second-order valence-electron chi connectivity index (χ2n) is 7.16. The van der Waals surface area contributed by atoms with E-state index in [9.17, 15) is 9.59 Å². The predicted octanol–water partition coefficient (Wildman–Crippen LogP) is 1.47. The Balaban J connectivity index is 1.74. The van der Waals surface area contributed by atoms with Gasteiger partial charge in [0.1, 0.15) is 12.0 Å². The molecule has 3 rings (SSSR count). The zero-order chi connectivity index (χ0) is 19.3. The average molecular weight is 367 g/mol. The van der Waals surface area contributed by atoms with Crippen LogP contribution >= 0.6 is 0 Å².